The van der Waals surface area contributed by atoms with E-state index in [-0.39, 0.29) is 30.6 Å². The van der Waals surface area contributed by atoms with E-state index in [1.807, 2.05) is 44.2 Å². The number of anilines is 1. The maximum absolute atomic E-state index is 14.1. The molecule has 0 unspecified atom stereocenters. The summed E-state index contributed by atoms with van der Waals surface area (Å²) in [5.41, 5.74) is 1.79. The van der Waals surface area contributed by atoms with Crippen LogP contribution in [0.25, 0.3) is 0 Å². The minimum Gasteiger partial charge on any atom is -0.495 e. The summed E-state index contributed by atoms with van der Waals surface area (Å²) in [7, 11) is -2.47. The number of hydrogen-bond acceptors (Lipinski definition) is 5. The lowest BCUT2D eigenvalue weighted by molar-refractivity contribution is -0.140. The highest BCUT2D eigenvalue weighted by Gasteiger charge is 2.33. The first-order valence-corrected chi connectivity index (χ1v) is 14.7. The largest absolute Gasteiger partial charge is 0.495 e. The lowest BCUT2D eigenvalue weighted by Gasteiger charge is -2.34. The van der Waals surface area contributed by atoms with E-state index in [9.17, 15) is 18.0 Å². The smallest absolute Gasteiger partial charge is 0.244 e. The molecule has 0 spiro atoms. The molecule has 8 nitrogen and oxygen atoms in total. The zero-order chi connectivity index (χ0) is 28.6. The fourth-order valence-electron chi connectivity index (χ4n) is 4.20. The van der Waals surface area contributed by atoms with Crippen molar-refractivity contribution in [3.05, 3.63) is 95.0 Å². The Labute approximate surface area is 235 Å². The van der Waals surface area contributed by atoms with Crippen molar-refractivity contribution in [2.75, 3.05) is 24.2 Å². The fourth-order valence-corrected chi connectivity index (χ4v) is 5.26. The van der Waals surface area contributed by atoms with Crippen LogP contribution in [0.4, 0.5) is 5.69 Å². The van der Waals surface area contributed by atoms with Crippen LogP contribution in [0.3, 0.4) is 0 Å². The van der Waals surface area contributed by atoms with Crippen LogP contribution in [0.1, 0.15) is 25.0 Å². The van der Waals surface area contributed by atoms with E-state index >= 15 is 0 Å². The molecule has 0 aliphatic rings. The van der Waals surface area contributed by atoms with Crippen molar-refractivity contribution in [2.45, 2.75) is 38.9 Å². The van der Waals surface area contributed by atoms with Gasteiger partial charge in [-0.2, -0.15) is 0 Å². The molecule has 0 aliphatic carbocycles. The third-order valence-corrected chi connectivity index (χ3v) is 7.34. The number of nitrogens with zero attached hydrogens (tertiary/aromatic N) is 2. The molecule has 3 aromatic rings. The average molecular weight is 572 g/mol. The SMILES string of the molecule is COc1ccccc1N(CC(=O)N(Cc1cccc(Cl)c1)[C@@H](Cc1ccccc1)C(=O)NC(C)C)S(C)(=O)=O. The summed E-state index contributed by atoms with van der Waals surface area (Å²) in [6.07, 6.45) is 1.26. The number of halogens is 1. The molecule has 1 atom stereocenters. The van der Waals surface area contributed by atoms with Gasteiger partial charge >= 0.3 is 0 Å². The Hall–Kier alpha value is -3.56. The number of carbonyl (C=O) groups is 2. The summed E-state index contributed by atoms with van der Waals surface area (Å²) in [4.78, 5) is 29.0. The first-order chi connectivity index (χ1) is 18.5. The van der Waals surface area contributed by atoms with Crippen LogP contribution in [0.5, 0.6) is 5.75 Å². The van der Waals surface area contributed by atoms with Crippen LogP contribution in [-0.2, 0) is 32.6 Å². The van der Waals surface area contributed by atoms with Crippen LogP contribution in [0, 0.1) is 0 Å². The summed E-state index contributed by atoms with van der Waals surface area (Å²) >= 11 is 6.22. The zero-order valence-corrected chi connectivity index (χ0v) is 24.1. The number of hydrogen-bond donors (Lipinski definition) is 1. The zero-order valence-electron chi connectivity index (χ0n) is 22.5. The minimum absolute atomic E-state index is 0.0476. The Kier molecular flexibility index (Phi) is 10.4. The molecule has 1 N–H and O–H groups in total. The Bertz CT molecular complexity index is 1380. The van der Waals surface area contributed by atoms with Crippen molar-refractivity contribution < 1.29 is 22.7 Å². The highest BCUT2D eigenvalue weighted by molar-refractivity contribution is 7.92. The van der Waals surface area contributed by atoms with Crippen molar-refractivity contribution in [2.24, 2.45) is 0 Å². The summed E-state index contributed by atoms with van der Waals surface area (Å²) in [5, 5.41) is 3.40. The van der Waals surface area contributed by atoms with Crippen molar-refractivity contribution in [3.8, 4) is 5.75 Å². The van der Waals surface area contributed by atoms with Gasteiger partial charge in [0.15, 0.2) is 0 Å². The molecule has 0 bridgehead atoms. The quantitative estimate of drug-likeness (QED) is 0.350. The molecule has 0 aliphatic heterocycles. The molecule has 2 amide bonds. The molecule has 3 rings (SSSR count). The number of sulfonamides is 1. The van der Waals surface area contributed by atoms with Crippen molar-refractivity contribution in [3.63, 3.8) is 0 Å². The van der Waals surface area contributed by atoms with Gasteiger partial charge < -0.3 is 15.0 Å². The average Bonchev–Trinajstić information content (AvgIpc) is 2.88. The lowest BCUT2D eigenvalue weighted by atomic mass is 10.0. The molecule has 10 heteroatoms. The molecule has 39 heavy (non-hydrogen) atoms. The number of para-hydroxylation sites is 2. The predicted octanol–water partition coefficient (Wildman–Crippen LogP) is 4.28. The van der Waals surface area contributed by atoms with E-state index in [1.165, 1.54) is 12.0 Å². The maximum atomic E-state index is 14.1. The third kappa shape index (κ3) is 8.46. The number of benzene rings is 3. The van der Waals surface area contributed by atoms with E-state index in [0.717, 1.165) is 16.1 Å². The Morgan fingerprint density at radius 2 is 1.59 bits per heavy atom. The highest BCUT2D eigenvalue weighted by Crippen LogP contribution is 2.30. The first-order valence-electron chi connectivity index (χ1n) is 12.5. The number of carbonyl (C=O) groups excluding carboxylic acids is 2. The van der Waals surface area contributed by atoms with Crippen LogP contribution in [-0.4, -0.2) is 57.1 Å². The van der Waals surface area contributed by atoms with Gasteiger partial charge in [-0.25, -0.2) is 8.42 Å². The maximum Gasteiger partial charge on any atom is 0.244 e. The van der Waals surface area contributed by atoms with Gasteiger partial charge in [-0.05, 0) is 49.2 Å². The van der Waals surface area contributed by atoms with E-state index < -0.39 is 28.5 Å². The molecule has 208 valence electrons. The van der Waals surface area contributed by atoms with E-state index in [0.29, 0.717) is 16.3 Å². The molecule has 0 fully saturated rings. The van der Waals surface area contributed by atoms with Crippen molar-refractivity contribution in [1.29, 1.82) is 0 Å². The second-order valence-corrected chi connectivity index (χ2v) is 11.8. The van der Waals surface area contributed by atoms with Crippen LogP contribution in [0.2, 0.25) is 5.02 Å². The number of nitrogens with one attached hydrogen (secondary N) is 1. The summed E-state index contributed by atoms with van der Waals surface area (Å²) in [5.74, 6) is -0.589. The second-order valence-electron chi connectivity index (χ2n) is 9.46. The standard InChI is InChI=1S/C29H34ClN3O5S/c1-21(2)31-29(35)26(18-22-11-6-5-7-12-22)32(19-23-13-10-14-24(30)17-23)28(34)20-33(39(4,36)37)25-15-8-9-16-27(25)38-3/h5-17,21,26H,18-20H2,1-4H3,(H,31,35)/t26-/m0/s1. The third-order valence-electron chi connectivity index (χ3n) is 5.98. The van der Waals surface area contributed by atoms with Gasteiger partial charge in [-0.15, -0.1) is 0 Å². The molecule has 0 aromatic heterocycles. The number of ether oxygens (including phenoxy) is 1. The summed E-state index contributed by atoms with van der Waals surface area (Å²) in [6, 6.07) is 21.9. The van der Waals surface area contributed by atoms with Gasteiger partial charge in [-0.3, -0.25) is 13.9 Å². The molecule has 0 saturated carbocycles. The number of rotatable bonds is 12. The van der Waals surface area contributed by atoms with Gasteiger partial charge in [0.25, 0.3) is 0 Å². The molecule has 3 aromatic carbocycles. The van der Waals surface area contributed by atoms with Crippen molar-refractivity contribution in [1.82, 2.24) is 10.2 Å². The Morgan fingerprint density at radius 1 is 0.949 bits per heavy atom. The number of amides is 2. The van der Waals surface area contributed by atoms with Crippen LogP contribution >= 0.6 is 11.6 Å². The van der Waals surface area contributed by atoms with Gasteiger partial charge in [0, 0.05) is 24.0 Å². The molecule has 0 radical (unpaired) electrons. The topological polar surface area (TPSA) is 96.0 Å². The fraction of sp³-hybridized carbons (Fsp3) is 0.310. The Morgan fingerprint density at radius 3 is 2.21 bits per heavy atom. The van der Waals surface area contributed by atoms with Crippen LogP contribution < -0.4 is 14.4 Å². The molecular weight excluding hydrogens is 538 g/mol. The van der Waals surface area contributed by atoms with Crippen molar-refractivity contribution >= 4 is 39.1 Å². The molecular formula is C29H34ClN3O5S. The monoisotopic (exact) mass is 571 g/mol. The lowest BCUT2D eigenvalue weighted by Crippen LogP contribution is -2.54. The molecule has 0 saturated heterocycles. The van der Waals surface area contributed by atoms with Gasteiger partial charge in [-0.1, -0.05) is 66.2 Å². The van der Waals surface area contributed by atoms with E-state index in [4.69, 9.17) is 16.3 Å². The molecule has 0 heterocycles. The summed E-state index contributed by atoms with van der Waals surface area (Å²) < 4.78 is 32.2. The van der Waals surface area contributed by atoms with Gasteiger partial charge in [0.1, 0.15) is 18.3 Å². The Balaban J connectivity index is 2.08. The normalized spacial score (nSPS) is 12.1. The second kappa shape index (κ2) is 13.5. The number of methoxy groups -OCH3 is 1. The van der Waals surface area contributed by atoms with E-state index in [1.54, 1.807) is 48.5 Å². The minimum atomic E-state index is -3.90. The summed E-state index contributed by atoms with van der Waals surface area (Å²) in [6.45, 7) is 3.20. The van der Waals surface area contributed by atoms with Crippen LogP contribution in [0.15, 0.2) is 78.9 Å². The van der Waals surface area contributed by atoms with Gasteiger partial charge in [0.05, 0.1) is 19.1 Å². The highest BCUT2D eigenvalue weighted by atomic mass is 35.5. The van der Waals surface area contributed by atoms with E-state index in [2.05, 4.69) is 5.32 Å². The van der Waals surface area contributed by atoms with Gasteiger partial charge in [0.2, 0.25) is 21.8 Å². The first kappa shape index (κ1) is 30.0. The predicted molar refractivity (Wildman–Crippen MR) is 154 cm³/mol.